The molecule has 0 radical (unpaired) electrons. The fraction of sp³-hybridized carbons (Fsp3) is 0.176. The van der Waals surface area contributed by atoms with E-state index < -0.39 is 28.5 Å². The Hall–Kier alpha value is -2.42. The summed E-state index contributed by atoms with van der Waals surface area (Å²) in [6.07, 6.45) is 0. The standard InChI is InChI=1S/C17H17ClN2O5S/c1-20(2)26(23,24)15-8-3-5-12(9-15)17(22)25-11-16(21)19-14-7-4-6-13(18)10-14/h3-10H,11H2,1-2H3,(H,19,21). The number of ether oxygens (including phenoxy) is 1. The second kappa shape index (κ2) is 8.31. The zero-order chi connectivity index (χ0) is 19.3. The zero-order valence-electron chi connectivity index (χ0n) is 14.1. The number of carbonyl (C=O) groups is 2. The third-order valence-electron chi connectivity index (χ3n) is 3.29. The number of hydrogen-bond donors (Lipinski definition) is 1. The Bertz CT molecular complexity index is 928. The van der Waals surface area contributed by atoms with Crippen molar-refractivity contribution in [3.05, 3.63) is 59.1 Å². The van der Waals surface area contributed by atoms with Crippen LogP contribution in [0.4, 0.5) is 5.69 Å². The molecule has 2 rings (SSSR count). The van der Waals surface area contributed by atoms with E-state index in [0.29, 0.717) is 10.7 Å². The summed E-state index contributed by atoms with van der Waals surface area (Å²) in [6, 6.07) is 11.9. The third kappa shape index (κ3) is 5.04. The molecule has 0 aromatic heterocycles. The van der Waals surface area contributed by atoms with Gasteiger partial charge in [0, 0.05) is 24.8 Å². The Balaban J connectivity index is 2.01. The van der Waals surface area contributed by atoms with Crippen molar-refractivity contribution in [2.24, 2.45) is 0 Å². The molecule has 0 spiro atoms. The first-order valence-corrected chi connectivity index (χ1v) is 9.27. The summed E-state index contributed by atoms with van der Waals surface area (Å²) in [7, 11) is -0.896. The van der Waals surface area contributed by atoms with Crippen molar-refractivity contribution in [1.82, 2.24) is 4.31 Å². The topological polar surface area (TPSA) is 92.8 Å². The molecule has 0 aliphatic carbocycles. The van der Waals surface area contributed by atoms with Crippen molar-refractivity contribution in [3.63, 3.8) is 0 Å². The van der Waals surface area contributed by atoms with Gasteiger partial charge in [0.1, 0.15) is 0 Å². The largest absolute Gasteiger partial charge is 0.452 e. The quantitative estimate of drug-likeness (QED) is 0.757. The van der Waals surface area contributed by atoms with Gasteiger partial charge in [0.15, 0.2) is 6.61 Å². The lowest BCUT2D eigenvalue weighted by Crippen LogP contribution is -2.23. The van der Waals surface area contributed by atoms with E-state index in [2.05, 4.69) is 5.32 Å². The molecule has 0 saturated carbocycles. The molecule has 26 heavy (non-hydrogen) atoms. The molecule has 138 valence electrons. The Morgan fingerprint density at radius 3 is 2.46 bits per heavy atom. The lowest BCUT2D eigenvalue weighted by Gasteiger charge is -2.12. The molecule has 1 amide bonds. The van der Waals surface area contributed by atoms with Crippen molar-refractivity contribution in [3.8, 4) is 0 Å². The van der Waals surface area contributed by atoms with E-state index in [1.807, 2.05) is 0 Å². The van der Waals surface area contributed by atoms with Crippen molar-refractivity contribution in [2.75, 3.05) is 26.0 Å². The minimum Gasteiger partial charge on any atom is -0.452 e. The molecule has 0 atom stereocenters. The summed E-state index contributed by atoms with van der Waals surface area (Å²) in [5, 5.41) is 2.99. The maximum Gasteiger partial charge on any atom is 0.338 e. The van der Waals surface area contributed by atoms with Crippen molar-refractivity contribution >= 4 is 39.2 Å². The number of halogens is 1. The first-order chi connectivity index (χ1) is 12.2. The summed E-state index contributed by atoms with van der Waals surface area (Å²) < 4.78 is 30.2. The Morgan fingerprint density at radius 2 is 1.81 bits per heavy atom. The maximum atomic E-state index is 12.1. The molecular formula is C17H17ClN2O5S. The van der Waals surface area contributed by atoms with Crippen LogP contribution in [0.25, 0.3) is 0 Å². The molecule has 2 aromatic carbocycles. The highest BCUT2D eigenvalue weighted by Crippen LogP contribution is 2.16. The number of carbonyl (C=O) groups excluding carboxylic acids is 2. The van der Waals surface area contributed by atoms with E-state index in [0.717, 1.165) is 4.31 Å². The average molecular weight is 397 g/mol. The number of rotatable bonds is 6. The normalized spacial score (nSPS) is 11.2. The molecule has 0 heterocycles. The van der Waals surface area contributed by atoms with Gasteiger partial charge >= 0.3 is 5.97 Å². The first kappa shape index (κ1) is 19.9. The van der Waals surface area contributed by atoms with Gasteiger partial charge in [0.05, 0.1) is 10.5 Å². The predicted octanol–water partition coefficient (Wildman–Crippen LogP) is 2.39. The van der Waals surface area contributed by atoms with Crippen LogP contribution in [0.1, 0.15) is 10.4 Å². The highest BCUT2D eigenvalue weighted by molar-refractivity contribution is 7.89. The molecule has 0 bridgehead atoms. The molecular weight excluding hydrogens is 380 g/mol. The van der Waals surface area contributed by atoms with Crippen LogP contribution in [0.2, 0.25) is 5.02 Å². The van der Waals surface area contributed by atoms with Crippen LogP contribution in [-0.4, -0.2) is 45.3 Å². The van der Waals surface area contributed by atoms with Gasteiger partial charge in [-0.2, -0.15) is 0 Å². The Morgan fingerprint density at radius 1 is 1.12 bits per heavy atom. The van der Waals surface area contributed by atoms with Crippen LogP contribution in [0.5, 0.6) is 0 Å². The second-order valence-corrected chi connectivity index (χ2v) is 8.04. The summed E-state index contributed by atoms with van der Waals surface area (Å²) in [5.74, 6) is -1.35. The number of nitrogens with zero attached hydrogens (tertiary/aromatic N) is 1. The molecule has 0 saturated heterocycles. The highest BCUT2D eigenvalue weighted by atomic mass is 35.5. The van der Waals surface area contributed by atoms with Gasteiger partial charge < -0.3 is 10.1 Å². The average Bonchev–Trinajstić information content (AvgIpc) is 2.59. The van der Waals surface area contributed by atoms with Gasteiger partial charge in [-0.3, -0.25) is 4.79 Å². The minimum absolute atomic E-state index is 0.0310. The molecule has 1 N–H and O–H groups in total. The van der Waals surface area contributed by atoms with Gasteiger partial charge in [-0.05, 0) is 36.4 Å². The van der Waals surface area contributed by atoms with Crippen LogP contribution in [0, 0.1) is 0 Å². The van der Waals surface area contributed by atoms with E-state index in [-0.39, 0.29) is 10.5 Å². The first-order valence-electron chi connectivity index (χ1n) is 7.45. The Kier molecular flexibility index (Phi) is 6.36. The number of esters is 1. The summed E-state index contributed by atoms with van der Waals surface area (Å²) in [4.78, 5) is 23.9. The molecule has 0 aliphatic heterocycles. The van der Waals surface area contributed by atoms with Gasteiger partial charge in [-0.25, -0.2) is 17.5 Å². The van der Waals surface area contributed by atoms with E-state index in [4.69, 9.17) is 16.3 Å². The SMILES string of the molecule is CN(C)S(=O)(=O)c1cccc(C(=O)OCC(=O)Nc2cccc(Cl)c2)c1. The monoisotopic (exact) mass is 396 g/mol. The van der Waals surface area contributed by atoms with Crippen LogP contribution in [0.3, 0.4) is 0 Å². The van der Waals surface area contributed by atoms with Gasteiger partial charge in [-0.15, -0.1) is 0 Å². The molecule has 0 aliphatic rings. The number of nitrogens with one attached hydrogen (secondary N) is 1. The number of hydrogen-bond acceptors (Lipinski definition) is 5. The lowest BCUT2D eigenvalue weighted by atomic mass is 10.2. The fourth-order valence-corrected chi connectivity index (χ4v) is 3.11. The number of sulfonamides is 1. The van der Waals surface area contributed by atoms with Crippen LogP contribution in [0.15, 0.2) is 53.4 Å². The van der Waals surface area contributed by atoms with Crippen LogP contribution < -0.4 is 5.32 Å². The molecule has 7 nitrogen and oxygen atoms in total. The second-order valence-electron chi connectivity index (χ2n) is 5.45. The predicted molar refractivity (Wildman–Crippen MR) is 97.7 cm³/mol. The minimum atomic E-state index is -3.68. The van der Waals surface area contributed by atoms with E-state index in [1.54, 1.807) is 24.3 Å². The van der Waals surface area contributed by atoms with Crippen molar-refractivity contribution < 1.29 is 22.7 Å². The zero-order valence-corrected chi connectivity index (χ0v) is 15.7. The number of benzene rings is 2. The molecule has 0 unspecified atom stereocenters. The summed E-state index contributed by atoms with van der Waals surface area (Å²) >= 11 is 5.82. The van der Waals surface area contributed by atoms with Gasteiger partial charge in [0.25, 0.3) is 5.91 Å². The fourth-order valence-electron chi connectivity index (χ4n) is 1.97. The third-order valence-corrected chi connectivity index (χ3v) is 5.34. The van der Waals surface area contributed by atoms with Gasteiger partial charge in [-0.1, -0.05) is 23.7 Å². The van der Waals surface area contributed by atoms with Crippen LogP contribution in [-0.2, 0) is 19.6 Å². The highest BCUT2D eigenvalue weighted by Gasteiger charge is 2.19. The summed E-state index contributed by atoms with van der Waals surface area (Å²) in [6.45, 7) is -0.518. The Labute approximate surface area is 156 Å². The van der Waals surface area contributed by atoms with E-state index >= 15 is 0 Å². The van der Waals surface area contributed by atoms with E-state index in [1.165, 1.54) is 38.4 Å². The van der Waals surface area contributed by atoms with Crippen LogP contribution >= 0.6 is 11.6 Å². The lowest BCUT2D eigenvalue weighted by molar-refractivity contribution is -0.119. The molecule has 2 aromatic rings. The number of amides is 1. The van der Waals surface area contributed by atoms with E-state index in [9.17, 15) is 18.0 Å². The van der Waals surface area contributed by atoms with Gasteiger partial charge in [0.2, 0.25) is 10.0 Å². The molecule has 0 fully saturated rings. The molecule has 9 heteroatoms. The maximum absolute atomic E-state index is 12.1. The summed E-state index contributed by atoms with van der Waals surface area (Å²) in [5.41, 5.74) is 0.501. The van der Waals surface area contributed by atoms with Crippen molar-refractivity contribution in [2.45, 2.75) is 4.90 Å². The number of anilines is 1. The van der Waals surface area contributed by atoms with Crippen molar-refractivity contribution in [1.29, 1.82) is 0 Å². The smallest absolute Gasteiger partial charge is 0.338 e.